The SMILES string of the molecule is CC(C)(N)CNCC(C)(C)c1cccnc1. The highest BCUT2D eigenvalue weighted by Gasteiger charge is 2.21. The molecule has 0 radical (unpaired) electrons. The first-order valence-electron chi connectivity index (χ1n) is 5.71. The number of hydrogen-bond acceptors (Lipinski definition) is 3. The summed E-state index contributed by atoms with van der Waals surface area (Å²) in [7, 11) is 0. The van der Waals surface area contributed by atoms with E-state index in [9.17, 15) is 0 Å². The van der Waals surface area contributed by atoms with Crippen LogP contribution in [0, 0.1) is 0 Å². The summed E-state index contributed by atoms with van der Waals surface area (Å²) in [6.45, 7) is 10.2. The number of hydrogen-bond donors (Lipinski definition) is 2. The molecule has 3 heteroatoms. The molecule has 1 heterocycles. The lowest BCUT2D eigenvalue weighted by Crippen LogP contribution is -2.46. The fraction of sp³-hybridized carbons (Fsp3) is 0.615. The minimum atomic E-state index is -0.162. The van der Waals surface area contributed by atoms with Gasteiger partial charge in [0, 0.05) is 36.4 Å². The van der Waals surface area contributed by atoms with E-state index in [1.54, 1.807) is 6.20 Å². The van der Waals surface area contributed by atoms with Crippen LogP contribution in [-0.2, 0) is 5.41 Å². The van der Waals surface area contributed by atoms with Crippen molar-refractivity contribution in [2.75, 3.05) is 13.1 Å². The van der Waals surface area contributed by atoms with Crippen LogP contribution in [0.5, 0.6) is 0 Å². The number of nitrogens with zero attached hydrogens (tertiary/aromatic N) is 1. The molecule has 3 nitrogen and oxygen atoms in total. The highest BCUT2D eigenvalue weighted by Crippen LogP contribution is 2.20. The maximum atomic E-state index is 5.93. The van der Waals surface area contributed by atoms with E-state index in [0.29, 0.717) is 0 Å². The predicted octanol–water partition coefficient (Wildman–Crippen LogP) is 1.69. The Balaban J connectivity index is 2.53. The molecule has 0 atom stereocenters. The molecule has 0 aliphatic heterocycles. The van der Waals surface area contributed by atoms with Gasteiger partial charge in [0.2, 0.25) is 0 Å². The number of aromatic nitrogens is 1. The zero-order chi connectivity index (χ0) is 12.2. The maximum Gasteiger partial charge on any atom is 0.0305 e. The van der Waals surface area contributed by atoms with Crippen LogP contribution in [0.4, 0.5) is 0 Å². The van der Waals surface area contributed by atoms with Gasteiger partial charge in [-0.05, 0) is 25.5 Å². The Labute approximate surface area is 98.5 Å². The van der Waals surface area contributed by atoms with Gasteiger partial charge in [-0.3, -0.25) is 4.98 Å². The summed E-state index contributed by atoms with van der Waals surface area (Å²) >= 11 is 0. The van der Waals surface area contributed by atoms with Crippen molar-refractivity contribution in [2.24, 2.45) is 5.73 Å². The summed E-state index contributed by atoms with van der Waals surface area (Å²) in [6.07, 6.45) is 3.73. The Morgan fingerprint density at radius 1 is 1.25 bits per heavy atom. The summed E-state index contributed by atoms with van der Waals surface area (Å²) in [5.41, 5.74) is 7.10. The number of nitrogens with one attached hydrogen (secondary N) is 1. The van der Waals surface area contributed by atoms with Crippen LogP contribution in [0.1, 0.15) is 33.3 Å². The molecular weight excluding hydrogens is 198 g/mol. The number of rotatable bonds is 5. The van der Waals surface area contributed by atoms with Crippen LogP contribution in [0.15, 0.2) is 24.5 Å². The van der Waals surface area contributed by atoms with Gasteiger partial charge in [0.05, 0.1) is 0 Å². The first-order chi connectivity index (χ1) is 7.31. The Morgan fingerprint density at radius 2 is 1.94 bits per heavy atom. The molecule has 0 fully saturated rings. The van der Waals surface area contributed by atoms with Gasteiger partial charge in [0.1, 0.15) is 0 Å². The average molecular weight is 221 g/mol. The van der Waals surface area contributed by atoms with Crippen LogP contribution in [0.2, 0.25) is 0 Å². The van der Waals surface area contributed by atoms with Gasteiger partial charge in [-0.25, -0.2) is 0 Å². The molecule has 0 bridgehead atoms. The van der Waals surface area contributed by atoms with Gasteiger partial charge in [0.15, 0.2) is 0 Å². The predicted molar refractivity (Wildman–Crippen MR) is 68.4 cm³/mol. The van der Waals surface area contributed by atoms with Gasteiger partial charge in [0.25, 0.3) is 0 Å². The highest BCUT2D eigenvalue weighted by atomic mass is 14.9. The van der Waals surface area contributed by atoms with E-state index in [1.165, 1.54) is 5.56 Å². The topological polar surface area (TPSA) is 50.9 Å². The van der Waals surface area contributed by atoms with Gasteiger partial charge in [-0.1, -0.05) is 19.9 Å². The van der Waals surface area contributed by atoms with E-state index in [0.717, 1.165) is 13.1 Å². The third kappa shape index (κ3) is 4.29. The van der Waals surface area contributed by atoms with Crippen molar-refractivity contribution in [1.82, 2.24) is 10.3 Å². The van der Waals surface area contributed by atoms with Crippen LogP contribution in [0.25, 0.3) is 0 Å². The minimum Gasteiger partial charge on any atom is -0.324 e. The second kappa shape index (κ2) is 4.93. The molecule has 0 aliphatic carbocycles. The molecular formula is C13H23N3. The average Bonchev–Trinajstić information content (AvgIpc) is 2.17. The zero-order valence-electron chi connectivity index (χ0n) is 10.7. The third-order valence-corrected chi connectivity index (χ3v) is 2.59. The molecule has 16 heavy (non-hydrogen) atoms. The van der Waals surface area contributed by atoms with E-state index in [-0.39, 0.29) is 11.0 Å². The molecule has 0 saturated carbocycles. The first kappa shape index (κ1) is 13.1. The van der Waals surface area contributed by atoms with Crippen LogP contribution in [-0.4, -0.2) is 23.6 Å². The molecule has 0 amide bonds. The first-order valence-corrected chi connectivity index (χ1v) is 5.71. The summed E-state index contributed by atoms with van der Waals surface area (Å²) in [5, 5.41) is 3.41. The van der Waals surface area contributed by atoms with E-state index >= 15 is 0 Å². The lowest BCUT2D eigenvalue weighted by Gasteiger charge is -2.28. The summed E-state index contributed by atoms with van der Waals surface area (Å²) in [4.78, 5) is 4.16. The molecule has 0 unspecified atom stereocenters. The molecule has 1 aromatic rings. The van der Waals surface area contributed by atoms with E-state index in [4.69, 9.17) is 5.73 Å². The summed E-state index contributed by atoms with van der Waals surface area (Å²) in [6, 6.07) is 4.09. The number of pyridine rings is 1. The van der Waals surface area contributed by atoms with Gasteiger partial charge in [-0.15, -0.1) is 0 Å². The molecule has 0 spiro atoms. The quantitative estimate of drug-likeness (QED) is 0.795. The van der Waals surface area contributed by atoms with Gasteiger partial charge < -0.3 is 11.1 Å². The molecule has 0 saturated heterocycles. The summed E-state index contributed by atoms with van der Waals surface area (Å²) < 4.78 is 0. The van der Waals surface area contributed by atoms with Gasteiger partial charge in [-0.2, -0.15) is 0 Å². The number of nitrogens with two attached hydrogens (primary N) is 1. The van der Waals surface area contributed by atoms with E-state index < -0.39 is 0 Å². The van der Waals surface area contributed by atoms with E-state index in [1.807, 2.05) is 26.1 Å². The monoisotopic (exact) mass is 221 g/mol. The summed E-state index contributed by atoms with van der Waals surface area (Å²) in [5.74, 6) is 0. The van der Waals surface area contributed by atoms with E-state index in [2.05, 4.69) is 30.2 Å². The Kier molecular flexibility index (Phi) is 4.05. The Morgan fingerprint density at radius 3 is 2.44 bits per heavy atom. The Hall–Kier alpha value is -0.930. The normalized spacial score (nSPS) is 12.8. The molecule has 0 aromatic carbocycles. The van der Waals surface area contributed by atoms with Crippen molar-refractivity contribution >= 4 is 0 Å². The second-order valence-electron chi connectivity index (χ2n) is 5.72. The smallest absolute Gasteiger partial charge is 0.0305 e. The minimum absolute atomic E-state index is 0.0828. The lowest BCUT2D eigenvalue weighted by atomic mass is 9.85. The zero-order valence-corrected chi connectivity index (χ0v) is 10.7. The molecule has 90 valence electrons. The highest BCUT2D eigenvalue weighted by molar-refractivity contribution is 5.19. The second-order valence-corrected chi connectivity index (χ2v) is 5.72. The fourth-order valence-corrected chi connectivity index (χ4v) is 1.56. The molecule has 1 aromatic heterocycles. The van der Waals surface area contributed by atoms with Crippen LogP contribution >= 0.6 is 0 Å². The van der Waals surface area contributed by atoms with Gasteiger partial charge >= 0.3 is 0 Å². The fourth-order valence-electron chi connectivity index (χ4n) is 1.56. The van der Waals surface area contributed by atoms with Crippen molar-refractivity contribution in [3.63, 3.8) is 0 Å². The third-order valence-electron chi connectivity index (χ3n) is 2.59. The molecule has 1 rings (SSSR count). The van der Waals surface area contributed by atoms with Crippen molar-refractivity contribution in [3.8, 4) is 0 Å². The largest absolute Gasteiger partial charge is 0.324 e. The van der Waals surface area contributed by atoms with Crippen LogP contribution < -0.4 is 11.1 Å². The lowest BCUT2D eigenvalue weighted by molar-refractivity contribution is 0.410. The standard InChI is InChI=1S/C13H23N3/c1-12(2,9-16-10-13(3,4)14)11-6-5-7-15-8-11/h5-8,16H,9-10,14H2,1-4H3. The van der Waals surface area contributed by atoms with Crippen molar-refractivity contribution in [3.05, 3.63) is 30.1 Å². The van der Waals surface area contributed by atoms with Crippen LogP contribution in [0.3, 0.4) is 0 Å². The molecule has 0 aliphatic rings. The van der Waals surface area contributed by atoms with Crippen molar-refractivity contribution < 1.29 is 0 Å². The Bertz CT molecular complexity index is 312. The van der Waals surface area contributed by atoms with Crippen molar-refractivity contribution in [1.29, 1.82) is 0 Å². The van der Waals surface area contributed by atoms with Crippen molar-refractivity contribution in [2.45, 2.75) is 38.6 Å². The maximum absolute atomic E-state index is 5.93. The molecule has 3 N–H and O–H groups in total.